The number of hydrogen-bond donors (Lipinski definition) is 0. The maximum Gasteiger partial charge on any atom is 0.255 e. The lowest BCUT2D eigenvalue weighted by atomic mass is 9.99. The molecule has 0 saturated heterocycles. The molecule has 98 valence electrons. The zero-order valence-corrected chi connectivity index (χ0v) is 10.9. The minimum Gasteiger partial charge on any atom is -0.334 e. The van der Waals surface area contributed by atoms with Gasteiger partial charge in [-0.15, -0.1) is 0 Å². The Labute approximate surface area is 117 Å². The number of benzene rings is 1. The number of carbonyl (C=O) groups is 1. The van der Waals surface area contributed by atoms with Crippen molar-refractivity contribution in [1.29, 1.82) is 5.26 Å². The van der Waals surface area contributed by atoms with E-state index in [0.29, 0.717) is 24.2 Å². The molecule has 0 atom stereocenters. The number of hydrogen-bond acceptors (Lipinski definition) is 3. The van der Waals surface area contributed by atoms with Crippen molar-refractivity contribution in [3.05, 3.63) is 65.0 Å². The summed E-state index contributed by atoms with van der Waals surface area (Å²) in [6, 6.07) is 11.8. The molecule has 0 unspecified atom stereocenters. The van der Waals surface area contributed by atoms with Gasteiger partial charge in [-0.25, -0.2) is 0 Å². The van der Waals surface area contributed by atoms with Gasteiger partial charge in [0.2, 0.25) is 0 Å². The van der Waals surface area contributed by atoms with Crippen molar-refractivity contribution < 1.29 is 4.79 Å². The summed E-state index contributed by atoms with van der Waals surface area (Å²) in [4.78, 5) is 18.2. The summed E-state index contributed by atoms with van der Waals surface area (Å²) < 4.78 is 0. The molecule has 1 aromatic carbocycles. The van der Waals surface area contributed by atoms with Crippen molar-refractivity contribution in [2.75, 3.05) is 6.54 Å². The smallest absolute Gasteiger partial charge is 0.255 e. The van der Waals surface area contributed by atoms with E-state index in [1.165, 1.54) is 23.5 Å². The van der Waals surface area contributed by atoms with Crippen LogP contribution < -0.4 is 0 Å². The Balaban J connectivity index is 1.84. The minimum absolute atomic E-state index is 0.0656. The van der Waals surface area contributed by atoms with Crippen molar-refractivity contribution in [2.45, 2.75) is 13.0 Å². The van der Waals surface area contributed by atoms with Gasteiger partial charge < -0.3 is 4.90 Å². The summed E-state index contributed by atoms with van der Waals surface area (Å²) in [6.45, 7) is 1.32. The van der Waals surface area contributed by atoms with Crippen LogP contribution in [0.1, 0.15) is 27.0 Å². The summed E-state index contributed by atoms with van der Waals surface area (Å²) in [5.41, 5.74) is 3.38. The van der Waals surface area contributed by atoms with E-state index in [4.69, 9.17) is 5.26 Å². The number of pyridine rings is 1. The first kappa shape index (κ1) is 12.4. The predicted molar refractivity (Wildman–Crippen MR) is 73.8 cm³/mol. The highest BCUT2D eigenvalue weighted by Crippen LogP contribution is 2.20. The van der Waals surface area contributed by atoms with Gasteiger partial charge in [0.1, 0.15) is 6.07 Å². The molecule has 3 rings (SSSR count). The van der Waals surface area contributed by atoms with Gasteiger partial charge in [-0.05, 0) is 23.6 Å². The third-order valence-electron chi connectivity index (χ3n) is 3.53. The largest absolute Gasteiger partial charge is 0.334 e. The Morgan fingerprint density at radius 1 is 1.25 bits per heavy atom. The Kier molecular flexibility index (Phi) is 3.18. The average molecular weight is 263 g/mol. The number of carbonyl (C=O) groups excluding carboxylic acids is 1. The molecule has 1 aromatic heterocycles. The fourth-order valence-electron chi connectivity index (χ4n) is 2.47. The molecule has 2 aromatic rings. The van der Waals surface area contributed by atoms with Gasteiger partial charge in [-0.2, -0.15) is 5.26 Å². The lowest BCUT2D eigenvalue weighted by molar-refractivity contribution is 0.0734. The predicted octanol–water partition coefficient (Wildman–Crippen LogP) is 2.15. The highest BCUT2D eigenvalue weighted by Gasteiger charge is 2.21. The maximum atomic E-state index is 12.5. The normalized spacial score (nSPS) is 13.4. The number of aromatic nitrogens is 1. The van der Waals surface area contributed by atoms with Crippen LogP contribution >= 0.6 is 0 Å². The molecule has 1 amide bonds. The fraction of sp³-hybridized carbons (Fsp3) is 0.188. The summed E-state index contributed by atoms with van der Waals surface area (Å²) in [5, 5.41) is 8.87. The standard InChI is InChI=1S/C16H13N3O/c17-8-12-7-15(10-18-9-12)16(20)19-6-5-13-3-1-2-4-14(13)11-19/h1-4,7,9-10H,5-6,11H2. The number of nitrogens with zero attached hydrogens (tertiary/aromatic N) is 3. The second-order valence-corrected chi connectivity index (χ2v) is 4.82. The maximum absolute atomic E-state index is 12.5. The van der Waals surface area contributed by atoms with Gasteiger partial charge in [0.15, 0.2) is 0 Å². The van der Waals surface area contributed by atoms with E-state index in [1.807, 2.05) is 18.2 Å². The first-order valence-corrected chi connectivity index (χ1v) is 6.49. The van der Waals surface area contributed by atoms with Gasteiger partial charge in [0.05, 0.1) is 11.1 Å². The molecule has 4 heteroatoms. The third-order valence-corrected chi connectivity index (χ3v) is 3.53. The summed E-state index contributed by atoms with van der Waals surface area (Å²) >= 11 is 0. The summed E-state index contributed by atoms with van der Waals surface area (Å²) in [6.07, 6.45) is 3.85. The molecule has 0 radical (unpaired) electrons. The van der Waals surface area contributed by atoms with Crippen LogP contribution in [0.2, 0.25) is 0 Å². The second-order valence-electron chi connectivity index (χ2n) is 4.82. The van der Waals surface area contributed by atoms with Gasteiger partial charge in [0.25, 0.3) is 5.91 Å². The topological polar surface area (TPSA) is 57.0 Å². The minimum atomic E-state index is -0.0656. The summed E-state index contributed by atoms with van der Waals surface area (Å²) in [7, 11) is 0. The fourth-order valence-corrected chi connectivity index (χ4v) is 2.47. The van der Waals surface area contributed by atoms with Crippen LogP contribution in [0.25, 0.3) is 0 Å². The van der Waals surface area contributed by atoms with E-state index in [0.717, 1.165) is 6.42 Å². The molecule has 0 aliphatic carbocycles. The first-order chi connectivity index (χ1) is 9.78. The van der Waals surface area contributed by atoms with Gasteiger partial charge >= 0.3 is 0 Å². The van der Waals surface area contributed by atoms with Gasteiger partial charge in [0, 0.05) is 25.5 Å². The van der Waals surface area contributed by atoms with Crippen molar-refractivity contribution in [3.63, 3.8) is 0 Å². The van der Waals surface area contributed by atoms with Crippen molar-refractivity contribution in [3.8, 4) is 6.07 Å². The molecule has 1 aliphatic rings. The van der Waals surface area contributed by atoms with Crippen molar-refractivity contribution in [1.82, 2.24) is 9.88 Å². The molecule has 0 bridgehead atoms. The zero-order valence-electron chi connectivity index (χ0n) is 10.9. The highest BCUT2D eigenvalue weighted by molar-refractivity contribution is 5.94. The molecular weight excluding hydrogens is 250 g/mol. The second kappa shape index (κ2) is 5.14. The Morgan fingerprint density at radius 2 is 2.05 bits per heavy atom. The molecule has 20 heavy (non-hydrogen) atoms. The van der Waals surface area contributed by atoms with E-state index < -0.39 is 0 Å². The molecule has 0 fully saturated rings. The number of rotatable bonds is 1. The number of fused-ring (bicyclic) bond motifs is 1. The van der Waals surface area contributed by atoms with E-state index >= 15 is 0 Å². The van der Waals surface area contributed by atoms with Crippen LogP contribution in [0.5, 0.6) is 0 Å². The van der Waals surface area contributed by atoms with Crippen LogP contribution in [0.15, 0.2) is 42.7 Å². The molecule has 4 nitrogen and oxygen atoms in total. The molecule has 2 heterocycles. The molecule has 0 saturated carbocycles. The summed E-state index contributed by atoms with van der Waals surface area (Å²) in [5.74, 6) is -0.0656. The number of nitriles is 1. The van der Waals surface area contributed by atoms with Crippen molar-refractivity contribution >= 4 is 5.91 Å². The molecule has 0 N–H and O–H groups in total. The van der Waals surface area contributed by atoms with Crippen LogP contribution in [-0.4, -0.2) is 22.3 Å². The monoisotopic (exact) mass is 263 g/mol. The van der Waals surface area contributed by atoms with Crippen LogP contribution in [0, 0.1) is 11.3 Å². The van der Waals surface area contributed by atoms with E-state index in [1.54, 1.807) is 11.0 Å². The van der Waals surface area contributed by atoms with Gasteiger partial charge in [-0.1, -0.05) is 24.3 Å². The van der Waals surface area contributed by atoms with Crippen LogP contribution in [0.4, 0.5) is 0 Å². The SMILES string of the molecule is N#Cc1cncc(C(=O)N2CCc3ccccc3C2)c1. The zero-order chi connectivity index (χ0) is 13.9. The van der Waals surface area contributed by atoms with Gasteiger partial charge in [-0.3, -0.25) is 9.78 Å². The Hall–Kier alpha value is -2.67. The lowest BCUT2D eigenvalue weighted by Gasteiger charge is -2.28. The third kappa shape index (κ3) is 2.26. The highest BCUT2D eigenvalue weighted by atomic mass is 16.2. The van der Waals surface area contributed by atoms with E-state index in [-0.39, 0.29) is 5.91 Å². The lowest BCUT2D eigenvalue weighted by Crippen LogP contribution is -2.36. The number of amides is 1. The van der Waals surface area contributed by atoms with Crippen LogP contribution in [0.3, 0.4) is 0 Å². The van der Waals surface area contributed by atoms with Crippen LogP contribution in [-0.2, 0) is 13.0 Å². The van der Waals surface area contributed by atoms with E-state index in [9.17, 15) is 4.79 Å². The quantitative estimate of drug-likeness (QED) is 0.792. The molecular formula is C16H13N3O. The average Bonchev–Trinajstić information content (AvgIpc) is 2.53. The Morgan fingerprint density at radius 3 is 2.85 bits per heavy atom. The Bertz CT molecular complexity index is 703. The molecule has 0 spiro atoms. The van der Waals surface area contributed by atoms with E-state index in [2.05, 4.69) is 17.1 Å². The first-order valence-electron chi connectivity index (χ1n) is 6.49. The molecule has 1 aliphatic heterocycles. The van der Waals surface area contributed by atoms with Crippen molar-refractivity contribution in [2.24, 2.45) is 0 Å².